The number of methoxy groups -OCH3 is 1. The quantitative estimate of drug-likeness (QED) is 0.560. The van der Waals surface area contributed by atoms with Gasteiger partial charge in [0.15, 0.2) is 6.10 Å². The first-order valence-electron chi connectivity index (χ1n) is 3.71. The van der Waals surface area contributed by atoms with E-state index in [0.29, 0.717) is 6.54 Å². The molecule has 1 rings (SSSR count). The summed E-state index contributed by atoms with van der Waals surface area (Å²) in [5, 5.41) is 0. The zero-order chi connectivity index (χ0) is 8.27. The van der Waals surface area contributed by atoms with Crippen LogP contribution in [0.5, 0.6) is 0 Å². The van der Waals surface area contributed by atoms with Crippen LogP contribution in [0.15, 0.2) is 0 Å². The third-order valence-corrected chi connectivity index (χ3v) is 1.83. The van der Waals surface area contributed by atoms with Gasteiger partial charge < -0.3 is 15.2 Å². The Bertz CT molecular complexity index is 149. The minimum absolute atomic E-state index is 0.0408. The highest BCUT2D eigenvalue weighted by Gasteiger charge is 2.30. The van der Waals surface area contributed by atoms with Crippen LogP contribution in [0.4, 0.5) is 0 Å². The summed E-state index contributed by atoms with van der Waals surface area (Å²) in [5.74, 6) is -0.291. The van der Waals surface area contributed by atoms with E-state index in [1.54, 1.807) is 0 Å². The minimum Gasteiger partial charge on any atom is -0.467 e. The molecular weight excluding hydrogens is 146 g/mol. The molecule has 0 amide bonds. The van der Waals surface area contributed by atoms with Crippen molar-refractivity contribution in [2.45, 2.75) is 25.0 Å². The van der Waals surface area contributed by atoms with Gasteiger partial charge in [0.05, 0.1) is 13.2 Å². The maximum absolute atomic E-state index is 10.9. The molecule has 0 aliphatic carbocycles. The number of hydrogen-bond donors (Lipinski definition) is 1. The number of esters is 1. The lowest BCUT2D eigenvalue weighted by molar-refractivity contribution is -0.152. The van der Waals surface area contributed by atoms with E-state index in [4.69, 9.17) is 10.5 Å². The van der Waals surface area contributed by atoms with Crippen molar-refractivity contribution in [2.75, 3.05) is 13.7 Å². The predicted molar refractivity (Wildman–Crippen MR) is 39.0 cm³/mol. The first-order chi connectivity index (χ1) is 5.27. The van der Waals surface area contributed by atoms with E-state index < -0.39 is 0 Å². The molecule has 1 heterocycles. The SMILES string of the molecule is COC(=O)[C@@H]1CC[C@@H](CN)O1. The molecule has 0 radical (unpaired) electrons. The summed E-state index contributed by atoms with van der Waals surface area (Å²) in [6.07, 6.45) is 1.25. The van der Waals surface area contributed by atoms with Crippen molar-refractivity contribution in [3.63, 3.8) is 0 Å². The number of carbonyl (C=O) groups excluding carboxylic acids is 1. The second-order valence-corrected chi connectivity index (χ2v) is 2.58. The van der Waals surface area contributed by atoms with E-state index in [9.17, 15) is 4.79 Å². The van der Waals surface area contributed by atoms with Gasteiger partial charge in [-0.25, -0.2) is 4.79 Å². The van der Waals surface area contributed by atoms with E-state index in [1.807, 2.05) is 0 Å². The molecule has 11 heavy (non-hydrogen) atoms. The Morgan fingerprint density at radius 2 is 2.45 bits per heavy atom. The highest BCUT2D eigenvalue weighted by Crippen LogP contribution is 2.19. The summed E-state index contributed by atoms with van der Waals surface area (Å²) in [5.41, 5.74) is 5.36. The van der Waals surface area contributed by atoms with Crippen LogP contribution in [0.2, 0.25) is 0 Å². The summed E-state index contributed by atoms with van der Waals surface area (Å²) in [4.78, 5) is 10.9. The summed E-state index contributed by atoms with van der Waals surface area (Å²) in [7, 11) is 1.36. The molecule has 0 aromatic rings. The van der Waals surface area contributed by atoms with Crippen molar-refractivity contribution in [3.05, 3.63) is 0 Å². The third kappa shape index (κ3) is 1.91. The average Bonchev–Trinajstić information content (AvgIpc) is 2.50. The second kappa shape index (κ2) is 3.69. The van der Waals surface area contributed by atoms with Gasteiger partial charge in [-0.15, -0.1) is 0 Å². The molecule has 2 N–H and O–H groups in total. The van der Waals surface area contributed by atoms with Crippen LogP contribution in [-0.2, 0) is 14.3 Å². The Balaban J connectivity index is 2.35. The zero-order valence-corrected chi connectivity index (χ0v) is 6.58. The predicted octanol–water partition coefficient (Wildman–Crippen LogP) is -0.334. The fourth-order valence-corrected chi connectivity index (χ4v) is 1.18. The Hall–Kier alpha value is -0.610. The molecule has 0 aromatic carbocycles. The molecule has 1 aliphatic heterocycles. The maximum Gasteiger partial charge on any atom is 0.334 e. The lowest BCUT2D eigenvalue weighted by Crippen LogP contribution is -2.25. The first kappa shape index (κ1) is 8.49. The molecule has 0 saturated carbocycles. The molecule has 0 spiro atoms. The summed E-state index contributed by atoms with van der Waals surface area (Å²) in [6.45, 7) is 0.480. The number of rotatable bonds is 2. The monoisotopic (exact) mass is 159 g/mol. The van der Waals surface area contributed by atoms with Crippen molar-refractivity contribution in [3.8, 4) is 0 Å². The largest absolute Gasteiger partial charge is 0.467 e. The van der Waals surface area contributed by atoms with Gasteiger partial charge in [-0.05, 0) is 12.8 Å². The highest BCUT2D eigenvalue weighted by atomic mass is 16.6. The van der Waals surface area contributed by atoms with Gasteiger partial charge >= 0.3 is 5.97 Å². The van der Waals surface area contributed by atoms with Crippen LogP contribution >= 0.6 is 0 Å². The maximum atomic E-state index is 10.9. The van der Waals surface area contributed by atoms with Crippen LogP contribution in [0.25, 0.3) is 0 Å². The first-order valence-corrected chi connectivity index (χ1v) is 3.71. The Kier molecular flexibility index (Phi) is 2.84. The standard InChI is InChI=1S/C7H13NO3/c1-10-7(9)6-3-2-5(4-8)11-6/h5-6H,2-4,8H2,1H3/t5-,6-/m0/s1. The van der Waals surface area contributed by atoms with E-state index in [1.165, 1.54) is 7.11 Å². The summed E-state index contributed by atoms with van der Waals surface area (Å²) in [6, 6.07) is 0. The molecule has 0 aromatic heterocycles. The normalized spacial score (nSPS) is 30.4. The Morgan fingerprint density at radius 1 is 1.73 bits per heavy atom. The Morgan fingerprint density at radius 3 is 2.91 bits per heavy atom. The molecule has 1 saturated heterocycles. The lowest BCUT2D eigenvalue weighted by Gasteiger charge is -2.09. The fourth-order valence-electron chi connectivity index (χ4n) is 1.18. The van der Waals surface area contributed by atoms with Crippen molar-refractivity contribution < 1.29 is 14.3 Å². The van der Waals surface area contributed by atoms with E-state index in [2.05, 4.69) is 4.74 Å². The fraction of sp³-hybridized carbons (Fsp3) is 0.857. The summed E-state index contributed by atoms with van der Waals surface area (Å²) >= 11 is 0. The van der Waals surface area contributed by atoms with Crippen molar-refractivity contribution in [1.82, 2.24) is 0 Å². The molecule has 1 fully saturated rings. The third-order valence-electron chi connectivity index (χ3n) is 1.83. The molecule has 0 bridgehead atoms. The molecular formula is C7H13NO3. The Labute approximate surface area is 65.7 Å². The topological polar surface area (TPSA) is 61.5 Å². The van der Waals surface area contributed by atoms with Gasteiger partial charge in [0.2, 0.25) is 0 Å². The van der Waals surface area contributed by atoms with Crippen molar-refractivity contribution >= 4 is 5.97 Å². The lowest BCUT2D eigenvalue weighted by atomic mass is 10.2. The molecule has 64 valence electrons. The van der Waals surface area contributed by atoms with Gasteiger partial charge in [0, 0.05) is 6.54 Å². The van der Waals surface area contributed by atoms with Gasteiger partial charge in [0.1, 0.15) is 0 Å². The van der Waals surface area contributed by atoms with Gasteiger partial charge in [-0.3, -0.25) is 0 Å². The number of nitrogens with two attached hydrogens (primary N) is 1. The molecule has 1 aliphatic rings. The van der Waals surface area contributed by atoms with Crippen LogP contribution < -0.4 is 5.73 Å². The zero-order valence-electron chi connectivity index (χ0n) is 6.58. The number of ether oxygens (including phenoxy) is 2. The van der Waals surface area contributed by atoms with Gasteiger partial charge in [-0.2, -0.15) is 0 Å². The van der Waals surface area contributed by atoms with E-state index in [-0.39, 0.29) is 18.2 Å². The molecule has 4 nitrogen and oxygen atoms in total. The number of carbonyl (C=O) groups is 1. The molecule has 0 unspecified atom stereocenters. The van der Waals surface area contributed by atoms with Gasteiger partial charge in [0.25, 0.3) is 0 Å². The average molecular weight is 159 g/mol. The van der Waals surface area contributed by atoms with Crippen LogP contribution in [-0.4, -0.2) is 31.8 Å². The van der Waals surface area contributed by atoms with Crippen molar-refractivity contribution in [2.24, 2.45) is 5.73 Å². The second-order valence-electron chi connectivity index (χ2n) is 2.58. The van der Waals surface area contributed by atoms with Crippen molar-refractivity contribution in [1.29, 1.82) is 0 Å². The smallest absolute Gasteiger partial charge is 0.334 e. The molecule has 2 atom stereocenters. The molecule has 4 heteroatoms. The van der Waals surface area contributed by atoms with E-state index in [0.717, 1.165) is 12.8 Å². The van der Waals surface area contributed by atoms with Crippen LogP contribution in [0.3, 0.4) is 0 Å². The minimum atomic E-state index is -0.381. The van der Waals surface area contributed by atoms with Crippen LogP contribution in [0, 0.1) is 0 Å². The van der Waals surface area contributed by atoms with Crippen LogP contribution in [0.1, 0.15) is 12.8 Å². The van der Waals surface area contributed by atoms with E-state index >= 15 is 0 Å². The highest BCUT2D eigenvalue weighted by molar-refractivity contribution is 5.74. The number of hydrogen-bond acceptors (Lipinski definition) is 4. The summed E-state index contributed by atoms with van der Waals surface area (Å²) < 4.78 is 9.79. The van der Waals surface area contributed by atoms with Gasteiger partial charge in [-0.1, -0.05) is 0 Å².